The predicted octanol–water partition coefficient (Wildman–Crippen LogP) is 3.36. The van der Waals surface area contributed by atoms with Crippen molar-refractivity contribution in [3.05, 3.63) is 71.4 Å². The molecule has 0 heterocycles. The van der Waals surface area contributed by atoms with Gasteiger partial charge in [-0.25, -0.2) is 4.79 Å². The van der Waals surface area contributed by atoms with E-state index in [2.05, 4.69) is 10.6 Å². The van der Waals surface area contributed by atoms with Gasteiger partial charge >= 0.3 is 12.1 Å². The van der Waals surface area contributed by atoms with Crippen LogP contribution in [0.4, 0.5) is 18.9 Å². The van der Waals surface area contributed by atoms with Gasteiger partial charge in [-0.2, -0.15) is 13.2 Å². The molecule has 0 aliphatic rings. The Morgan fingerprint density at radius 1 is 1.00 bits per heavy atom. The number of rotatable bonds is 6. The van der Waals surface area contributed by atoms with E-state index in [1.54, 1.807) is 30.3 Å². The maximum Gasteiger partial charge on any atom is 0.418 e. The topological polar surface area (TPSA) is 84.5 Å². The van der Waals surface area contributed by atoms with Crippen LogP contribution in [0.2, 0.25) is 0 Å². The van der Waals surface area contributed by atoms with Gasteiger partial charge in [0.1, 0.15) is 5.70 Å². The lowest BCUT2D eigenvalue weighted by molar-refractivity contribution is -0.144. The van der Waals surface area contributed by atoms with Gasteiger partial charge < -0.3 is 15.4 Å². The number of anilines is 1. The van der Waals surface area contributed by atoms with Crippen LogP contribution in [0.15, 0.2) is 60.3 Å². The van der Waals surface area contributed by atoms with Crippen LogP contribution >= 0.6 is 0 Å². The van der Waals surface area contributed by atoms with E-state index in [-0.39, 0.29) is 5.70 Å². The molecule has 9 heteroatoms. The summed E-state index contributed by atoms with van der Waals surface area (Å²) in [5.41, 5.74) is -1.10. The van der Waals surface area contributed by atoms with Gasteiger partial charge in [0.25, 0.3) is 5.91 Å². The number of alkyl halides is 3. The van der Waals surface area contributed by atoms with Gasteiger partial charge in [0.05, 0.1) is 11.3 Å². The Morgan fingerprint density at radius 2 is 1.62 bits per heavy atom. The molecule has 152 valence electrons. The summed E-state index contributed by atoms with van der Waals surface area (Å²) in [6.07, 6.45) is -3.31. The van der Waals surface area contributed by atoms with Gasteiger partial charge in [-0.1, -0.05) is 42.5 Å². The lowest BCUT2D eigenvalue weighted by atomic mass is 10.1. The molecule has 29 heavy (non-hydrogen) atoms. The van der Waals surface area contributed by atoms with Crippen LogP contribution in [0.25, 0.3) is 6.08 Å². The van der Waals surface area contributed by atoms with E-state index in [4.69, 9.17) is 4.74 Å². The number of carbonyl (C=O) groups is 3. The lowest BCUT2D eigenvalue weighted by Crippen LogP contribution is -2.29. The monoisotopic (exact) mass is 406 g/mol. The second kappa shape index (κ2) is 9.54. The van der Waals surface area contributed by atoms with E-state index in [1.165, 1.54) is 25.1 Å². The van der Waals surface area contributed by atoms with Gasteiger partial charge in [0.15, 0.2) is 6.61 Å². The summed E-state index contributed by atoms with van der Waals surface area (Å²) < 4.78 is 43.7. The highest BCUT2D eigenvalue weighted by atomic mass is 19.4. The molecule has 6 nitrogen and oxygen atoms in total. The fraction of sp³-hybridized carbons (Fsp3) is 0.150. The molecule has 2 amide bonds. The van der Waals surface area contributed by atoms with Gasteiger partial charge in [-0.3, -0.25) is 9.59 Å². The molecular weight excluding hydrogens is 389 g/mol. The van der Waals surface area contributed by atoms with E-state index in [0.717, 1.165) is 12.1 Å². The Hall–Kier alpha value is -3.62. The molecule has 0 spiro atoms. The van der Waals surface area contributed by atoms with E-state index in [1.807, 2.05) is 0 Å². The first kappa shape index (κ1) is 21.7. The molecular formula is C20H17F3N2O4. The molecule has 0 aliphatic heterocycles. The van der Waals surface area contributed by atoms with Crippen molar-refractivity contribution in [1.29, 1.82) is 0 Å². The van der Waals surface area contributed by atoms with E-state index in [0.29, 0.717) is 5.56 Å². The Bertz CT molecular complexity index is 925. The second-order valence-corrected chi connectivity index (χ2v) is 5.82. The standard InChI is InChI=1S/C20H17F3N2O4/c1-13(26)24-17(11-14-7-3-2-4-8-14)19(28)29-12-18(27)25-16-10-6-5-9-15(16)20(21,22)23/h2-11H,12H2,1H3,(H,24,26)(H,25,27)/b17-11+. The smallest absolute Gasteiger partial charge is 0.418 e. The zero-order chi connectivity index (χ0) is 21.4. The normalized spacial score (nSPS) is 11.5. The molecule has 0 saturated carbocycles. The maximum atomic E-state index is 13.0. The molecule has 0 fully saturated rings. The average Bonchev–Trinajstić information content (AvgIpc) is 2.65. The van der Waals surface area contributed by atoms with Crippen molar-refractivity contribution < 1.29 is 32.3 Å². The molecule has 2 N–H and O–H groups in total. The first-order valence-electron chi connectivity index (χ1n) is 8.34. The van der Waals surface area contributed by atoms with Crippen molar-refractivity contribution in [3.63, 3.8) is 0 Å². The van der Waals surface area contributed by atoms with Crippen LogP contribution in [0, 0.1) is 0 Å². The first-order chi connectivity index (χ1) is 13.7. The van der Waals surface area contributed by atoms with Crippen molar-refractivity contribution >= 4 is 29.5 Å². The van der Waals surface area contributed by atoms with E-state index >= 15 is 0 Å². The van der Waals surface area contributed by atoms with Crippen LogP contribution in [0.5, 0.6) is 0 Å². The number of carbonyl (C=O) groups excluding carboxylic acids is 3. The van der Waals surface area contributed by atoms with Crippen LogP contribution in [-0.4, -0.2) is 24.4 Å². The van der Waals surface area contributed by atoms with Crippen molar-refractivity contribution in [2.45, 2.75) is 13.1 Å². The Morgan fingerprint density at radius 3 is 2.24 bits per heavy atom. The first-order valence-corrected chi connectivity index (χ1v) is 8.34. The molecule has 0 aliphatic carbocycles. The molecule has 2 aromatic carbocycles. The van der Waals surface area contributed by atoms with Gasteiger partial charge in [-0.05, 0) is 23.8 Å². The maximum absolute atomic E-state index is 13.0. The van der Waals surface area contributed by atoms with Crippen molar-refractivity contribution in [3.8, 4) is 0 Å². The largest absolute Gasteiger partial charge is 0.451 e. The number of nitrogens with one attached hydrogen (secondary N) is 2. The minimum Gasteiger partial charge on any atom is -0.451 e. The summed E-state index contributed by atoms with van der Waals surface area (Å²) in [6.45, 7) is 0.351. The van der Waals surface area contributed by atoms with Gasteiger partial charge in [0.2, 0.25) is 5.91 Å². The Labute approximate surface area is 164 Å². The van der Waals surface area contributed by atoms with E-state index in [9.17, 15) is 27.6 Å². The fourth-order valence-electron chi connectivity index (χ4n) is 2.29. The van der Waals surface area contributed by atoms with Crippen LogP contribution < -0.4 is 10.6 Å². The summed E-state index contributed by atoms with van der Waals surface area (Å²) >= 11 is 0. The molecule has 2 aromatic rings. The third-order valence-electron chi connectivity index (χ3n) is 3.48. The van der Waals surface area contributed by atoms with Crippen molar-refractivity contribution in [2.24, 2.45) is 0 Å². The van der Waals surface area contributed by atoms with Crippen LogP contribution in [0.1, 0.15) is 18.1 Å². The minimum absolute atomic E-state index is 0.216. The summed E-state index contributed by atoms with van der Waals surface area (Å²) in [4.78, 5) is 35.5. The van der Waals surface area contributed by atoms with Crippen LogP contribution in [0.3, 0.4) is 0 Å². The highest BCUT2D eigenvalue weighted by Crippen LogP contribution is 2.34. The SMILES string of the molecule is CC(=O)N/C(=C/c1ccccc1)C(=O)OCC(=O)Nc1ccccc1C(F)(F)F. The third-order valence-corrected chi connectivity index (χ3v) is 3.48. The molecule has 0 unspecified atom stereocenters. The Kier molecular flexibility index (Phi) is 7.13. The zero-order valence-electron chi connectivity index (χ0n) is 15.2. The highest BCUT2D eigenvalue weighted by molar-refractivity contribution is 5.99. The average molecular weight is 406 g/mol. The number of hydrogen-bond acceptors (Lipinski definition) is 4. The summed E-state index contributed by atoms with van der Waals surface area (Å²) in [6, 6.07) is 13.0. The van der Waals surface area contributed by atoms with Crippen molar-refractivity contribution in [1.82, 2.24) is 5.32 Å². The van der Waals surface area contributed by atoms with Gasteiger partial charge in [-0.15, -0.1) is 0 Å². The molecule has 0 radical (unpaired) electrons. The number of ether oxygens (including phenoxy) is 1. The molecule has 0 aromatic heterocycles. The van der Waals surface area contributed by atoms with Gasteiger partial charge in [0, 0.05) is 6.92 Å². The number of hydrogen-bond donors (Lipinski definition) is 2. The van der Waals surface area contributed by atoms with Crippen molar-refractivity contribution in [2.75, 3.05) is 11.9 Å². The summed E-state index contributed by atoms with van der Waals surface area (Å²) in [5, 5.41) is 4.36. The molecule has 0 saturated heterocycles. The molecule has 2 rings (SSSR count). The summed E-state index contributed by atoms with van der Waals surface area (Å²) in [7, 11) is 0. The fourth-order valence-corrected chi connectivity index (χ4v) is 2.29. The summed E-state index contributed by atoms with van der Waals surface area (Å²) in [5.74, 6) is -2.51. The molecule has 0 bridgehead atoms. The minimum atomic E-state index is -4.66. The second-order valence-electron chi connectivity index (χ2n) is 5.82. The Balaban J connectivity index is 2.06. The number of amides is 2. The number of para-hydroxylation sites is 1. The predicted molar refractivity (Wildman–Crippen MR) is 99.3 cm³/mol. The third kappa shape index (κ3) is 6.80. The quantitative estimate of drug-likeness (QED) is 0.569. The van der Waals surface area contributed by atoms with Crippen LogP contribution in [-0.2, 0) is 25.3 Å². The lowest BCUT2D eigenvalue weighted by Gasteiger charge is -2.14. The molecule has 0 atom stereocenters. The van der Waals surface area contributed by atoms with E-state index < -0.39 is 41.8 Å². The number of benzene rings is 2. The zero-order valence-corrected chi connectivity index (χ0v) is 15.2. The number of esters is 1. The number of halogens is 3. The highest BCUT2D eigenvalue weighted by Gasteiger charge is 2.33.